The van der Waals surface area contributed by atoms with Crippen LogP contribution in [0.4, 0.5) is 0 Å². The van der Waals surface area contributed by atoms with E-state index in [0.717, 1.165) is 12.3 Å². The number of rotatable bonds is 2. The normalized spacial score (nSPS) is 40.8. The maximum absolute atomic E-state index is 11.4. The third-order valence-corrected chi connectivity index (χ3v) is 6.74. The standard InChI is InChI=1S/C12H21ClO2S/c1-9-2-4-10(5-3-9)12(13)11-6-7-16(14,15)8-11/h9-12H,2-8H2,1H3. The predicted octanol–water partition coefficient (Wildman–Crippen LogP) is 2.85. The van der Waals surface area contributed by atoms with Crippen LogP contribution in [0.25, 0.3) is 0 Å². The summed E-state index contributed by atoms with van der Waals surface area (Å²) in [6.07, 6.45) is 5.67. The first-order valence-electron chi connectivity index (χ1n) is 6.32. The second-order valence-corrected chi connectivity index (χ2v) is 8.36. The van der Waals surface area contributed by atoms with Gasteiger partial charge < -0.3 is 0 Å². The number of sulfone groups is 1. The average molecular weight is 265 g/mol. The van der Waals surface area contributed by atoms with Gasteiger partial charge in [0.1, 0.15) is 0 Å². The van der Waals surface area contributed by atoms with Gasteiger partial charge in [0.05, 0.1) is 11.5 Å². The molecule has 2 unspecified atom stereocenters. The Morgan fingerprint density at radius 1 is 1.06 bits per heavy atom. The molecular weight excluding hydrogens is 244 g/mol. The lowest BCUT2D eigenvalue weighted by Gasteiger charge is -2.32. The highest BCUT2D eigenvalue weighted by atomic mass is 35.5. The summed E-state index contributed by atoms with van der Waals surface area (Å²) in [7, 11) is -2.77. The van der Waals surface area contributed by atoms with Crippen LogP contribution < -0.4 is 0 Å². The van der Waals surface area contributed by atoms with Crippen LogP contribution in [0.5, 0.6) is 0 Å². The van der Waals surface area contributed by atoms with Crippen molar-refractivity contribution in [2.75, 3.05) is 11.5 Å². The van der Waals surface area contributed by atoms with Crippen molar-refractivity contribution in [1.29, 1.82) is 0 Å². The fourth-order valence-corrected chi connectivity index (χ4v) is 5.49. The zero-order valence-electron chi connectivity index (χ0n) is 9.86. The summed E-state index contributed by atoms with van der Waals surface area (Å²) in [6.45, 7) is 2.29. The highest BCUT2D eigenvalue weighted by Crippen LogP contribution is 2.38. The Kier molecular flexibility index (Phi) is 3.85. The highest BCUT2D eigenvalue weighted by Gasteiger charge is 2.37. The molecule has 1 aliphatic carbocycles. The van der Waals surface area contributed by atoms with E-state index in [9.17, 15) is 8.42 Å². The molecule has 0 bridgehead atoms. The molecule has 2 atom stereocenters. The van der Waals surface area contributed by atoms with Gasteiger partial charge in [0.25, 0.3) is 0 Å². The Morgan fingerprint density at radius 2 is 1.69 bits per heavy atom. The van der Waals surface area contributed by atoms with Crippen molar-refractivity contribution < 1.29 is 8.42 Å². The molecule has 0 aromatic carbocycles. The second-order valence-electron chi connectivity index (χ2n) is 5.63. The van der Waals surface area contributed by atoms with Crippen molar-refractivity contribution >= 4 is 21.4 Å². The lowest BCUT2D eigenvalue weighted by atomic mass is 9.78. The molecule has 2 aliphatic rings. The van der Waals surface area contributed by atoms with Crippen molar-refractivity contribution in [3.8, 4) is 0 Å². The van der Waals surface area contributed by atoms with E-state index < -0.39 is 9.84 Å². The minimum absolute atomic E-state index is 0.0878. The molecule has 2 fully saturated rings. The summed E-state index contributed by atoms with van der Waals surface area (Å²) in [5.74, 6) is 2.27. The van der Waals surface area contributed by atoms with E-state index in [2.05, 4.69) is 6.92 Å². The summed E-state index contributed by atoms with van der Waals surface area (Å²) >= 11 is 6.48. The number of alkyl halides is 1. The number of halogens is 1. The fourth-order valence-electron chi connectivity index (χ4n) is 3.06. The van der Waals surface area contributed by atoms with Crippen LogP contribution in [0.1, 0.15) is 39.0 Å². The van der Waals surface area contributed by atoms with Crippen LogP contribution in [0.3, 0.4) is 0 Å². The van der Waals surface area contributed by atoms with Gasteiger partial charge in [-0.3, -0.25) is 0 Å². The quantitative estimate of drug-likeness (QED) is 0.719. The molecule has 1 saturated carbocycles. The zero-order chi connectivity index (χ0) is 11.8. The van der Waals surface area contributed by atoms with E-state index in [1.54, 1.807) is 0 Å². The van der Waals surface area contributed by atoms with Crippen molar-refractivity contribution in [1.82, 2.24) is 0 Å². The largest absolute Gasteiger partial charge is 0.229 e. The molecule has 0 radical (unpaired) electrons. The van der Waals surface area contributed by atoms with Crippen LogP contribution in [-0.4, -0.2) is 25.3 Å². The van der Waals surface area contributed by atoms with E-state index in [-0.39, 0.29) is 11.3 Å². The van der Waals surface area contributed by atoms with Crippen molar-refractivity contribution in [3.63, 3.8) is 0 Å². The van der Waals surface area contributed by atoms with E-state index in [1.807, 2.05) is 0 Å². The fraction of sp³-hybridized carbons (Fsp3) is 1.00. The van der Waals surface area contributed by atoms with Gasteiger partial charge in [0.15, 0.2) is 9.84 Å². The minimum Gasteiger partial charge on any atom is -0.229 e. The lowest BCUT2D eigenvalue weighted by Crippen LogP contribution is -2.28. The molecule has 0 aromatic rings. The summed E-state index contributed by atoms with van der Waals surface area (Å²) in [5, 5.41) is 0.0878. The molecule has 0 aromatic heterocycles. The van der Waals surface area contributed by atoms with Crippen LogP contribution in [0.2, 0.25) is 0 Å². The summed E-state index contributed by atoms with van der Waals surface area (Å²) < 4.78 is 22.8. The third-order valence-electron chi connectivity index (χ3n) is 4.23. The van der Waals surface area contributed by atoms with Crippen LogP contribution in [0.15, 0.2) is 0 Å². The van der Waals surface area contributed by atoms with E-state index in [4.69, 9.17) is 11.6 Å². The summed E-state index contributed by atoms with van der Waals surface area (Å²) in [6, 6.07) is 0. The number of hydrogen-bond acceptors (Lipinski definition) is 2. The van der Waals surface area contributed by atoms with Gasteiger partial charge in [-0.15, -0.1) is 11.6 Å². The smallest absolute Gasteiger partial charge is 0.150 e. The first kappa shape index (κ1) is 12.7. The molecule has 16 heavy (non-hydrogen) atoms. The Bertz CT molecular complexity index is 331. The molecule has 94 valence electrons. The van der Waals surface area contributed by atoms with E-state index in [0.29, 0.717) is 17.4 Å². The molecule has 1 aliphatic heterocycles. The first-order chi connectivity index (χ1) is 7.48. The van der Waals surface area contributed by atoms with Gasteiger partial charge in [-0.2, -0.15) is 0 Å². The third kappa shape index (κ3) is 2.92. The Morgan fingerprint density at radius 3 is 2.19 bits per heavy atom. The molecule has 2 nitrogen and oxygen atoms in total. The zero-order valence-corrected chi connectivity index (χ0v) is 11.4. The lowest BCUT2D eigenvalue weighted by molar-refractivity contribution is 0.257. The van der Waals surface area contributed by atoms with E-state index in [1.165, 1.54) is 25.7 Å². The summed E-state index contributed by atoms with van der Waals surface area (Å²) in [4.78, 5) is 0. The predicted molar refractivity (Wildman–Crippen MR) is 67.5 cm³/mol. The van der Waals surface area contributed by atoms with Gasteiger partial charge in [-0.25, -0.2) is 8.42 Å². The molecule has 1 heterocycles. The maximum Gasteiger partial charge on any atom is 0.150 e. The van der Waals surface area contributed by atoms with Crippen LogP contribution in [0, 0.1) is 17.8 Å². The van der Waals surface area contributed by atoms with Gasteiger partial charge >= 0.3 is 0 Å². The Balaban J connectivity index is 1.91. The molecule has 0 spiro atoms. The molecule has 2 rings (SSSR count). The Labute approximate surface area is 104 Å². The monoisotopic (exact) mass is 264 g/mol. The molecule has 1 saturated heterocycles. The van der Waals surface area contributed by atoms with Crippen LogP contribution >= 0.6 is 11.6 Å². The SMILES string of the molecule is CC1CCC(C(Cl)C2CCS(=O)(=O)C2)CC1. The molecular formula is C12H21ClO2S. The van der Waals surface area contributed by atoms with Gasteiger partial charge in [-0.05, 0) is 37.0 Å². The van der Waals surface area contributed by atoms with Gasteiger partial charge in [0, 0.05) is 5.38 Å². The van der Waals surface area contributed by atoms with Gasteiger partial charge in [-0.1, -0.05) is 19.8 Å². The Hall–Kier alpha value is 0.240. The second kappa shape index (κ2) is 4.85. The molecule has 0 N–H and O–H groups in total. The topological polar surface area (TPSA) is 34.1 Å². The van der Waals surface area contributed by atoms with Crippen molar-refractivity contribution in [2.24, 2.45) is 17.8 Å². The molecule has 0 amide bonds. The van der Waals surface area contributed by atoms with Gasteiger partial charge in [0.2, 0.25) is 0 Å². The van der Waals surface area contributed by atoms with Crippen LogP contribution in [-0.2, 0) is 9.84 Å². The maximum atomic E-state index is 11.4. The average Bonchev–Trinajstić information content (AvgIpc) is 2.59. The minimum atomic E-state index is -2.77. The number of hydrogen-bond donors (Lipinski definition) is 0. The van der Waals surface area contributed by atoms with Crippen molar-refractivity contribution in [2.45, 2.75) is 44.4 Å². The summed E-state index contributed by atoms with van der Waals surface area (Å²) in [5.41, 5.74) is 0. The van der Waals surface area contributed by atoms with E-state index >= 15 is 0 Å². The molecule has 4 heteroatoms. The highest BCUT2D eigenvalue weighted by molar-refractivity contribution is 7.91. The van der Waals surface area contributed by atoms with Crippen molar-refractivity contribution in [3.05, 3.63) is 0 Å². The first-order valence-corrected chi connectivity index (χ1v) is 8.58.